The minimum absolute atomic E-state index is 0.118. The standard InChI is InChI=1S/C21H30O4/c1-13(12-22)5-4-6-14(2)15-9-10-21(3)17(15)11-16-18(23)7-8-19(24)20(16)25-21/h5,9,14,17,19,22,24H,4,6-8,10-12H2,1-3H3. The van der Waals surface area contributed by atoms with Crippen molar-refractivity contribution in [3.63, 3.8) is 0 Å². The molecule has 138 valence electrons. The topological polar surface area (TPSA) is 66.8 Å². The van der Waals surface area contributed by atoms with Gasteiger partial charge in [0.1, 0.15) is 17.5 Å². The highest BCUT2D eigenvalue weighted by Gasteiger charge is 2.50. The van der Waals surface area contributed by atoms with Gasteiger partial charge in [0.2, 0.25) is 0 Å². The molecule has 0 radical (unpaired) electrons. The molecule has 0 spiro atoms. The monoisotopic (exact) mass is 346 g/mol. The van der Waals surface area contributed by atoms with Crippen LogP contribution in [0.2, 0.25) is 0 Å². The highest BCUT2D eigenvalue weighted by molar-refractivity contribution is 5.97. The normalized spacial score (nSPS) is 33.6. The van der Waals surface area contributed by atoms with Crippen molar-refractivity contribution in [2.75, 3.05) is 6.61 Å². The van der Waals surface area contributed by atoms with Crippen LogP contribution in [0.5, 0.6) is 0 Å². The van der Waals surface area contributed by atoms with Gasteiger partial charge in [0, 0.05) is 24.3 Å². The maximum Gasteiger partial charge on any atom is 0.162 e. The number of hydrogen-bond donors (Lipinski definition) is 2. The first-order valence-electron chi connectivity index (χ1n) is 9.45. The zero-order valence-corrected chi connectivity index (χ0v) is 15.5. The van der Waals surface area contributed by atoms with Crippen molar-refractivity contribution < 1.29 is 19.7 Å². The summed E-state index contributed by atoms with van der Waals surface area (Å²) in [6, 6.07) is 0. The van der Waals surface area contributed by atoms with Gasteiger partial charge in [-0.25, -0.2) is 0 Å². The Labute approximate surface area is 150 Å². The SMILES string of the molecule is CC(=CCCC(C)C1=CCC2(C)OC3=C(CC12)C(=O)CCC3O)CO. The van der Waals surface area contributed by atoms with Gasteiger partial charge in [0.25, 0.3) is 0 Å². The maximum absolute atomic E-state index is 12.3. The van der Waals surface area contributed by atoms with Gasteiger partial charge in [0.05, 0.1) is 6.61 Å². The molecule has 0 saturated carbocycles. The lowest BCUT2D eigenvalue weighted by molar-refractivity contribution is -0.121. The smallest absolute Gasteiger partial charge is 0.162 e. The van der Waals surface area contributed by atoms with Crippen molar-refractivity contribution in [1.82, 2.24) is 0 Å². The van der Waals surface area contributed by atoms with Crippen molar-refractivity contribution in [2.45, 2.75) is 71.0 Å². The lowest BCUT2D eigenvalue weighted by Gasteiger charge is -2.43. The Hall–Kier alpha value is -1.39. The molecule has 0 bridgehead atoms. The Morgan fingerprint density at radius 3 is 3.00 bits per heavy atom. The quantitative estimate of drug-likeness (QED) is 0.748. The van der Waals surface area contributed by atoms with E-state index in [1.807, 2.05) is 6.92 Å². The molecule has 1 heterocycles. The molecule has 0 aromatic carbocycles. The molecule has 2 N–H and O–H groups in total. The van der Waals surface area contributed by atoms with Gasteiger partial charge in [-0.15, -0.1) is 0 Å². The van der Waals surface area contributed by atoms with Crippen LogP contribution in [0.25, 0.3) is 0 Å². The number of rotatable bonds is 5. The molecular weight excluding hydrogens is 316 g/mol. The number of carbonyl (C=O) groups excluding carboxylic acids is 1. The first-order chi connectivity index (χ1) is 11.9. The third kappa shape index (κ3) is 3.47. The van der Waals surface area contributed by atoms with Crippen LogP contribution in [-0.4, -0.2) is 34.3 Å². The Morgan fingerprint density at radius 2 is 2.28 bits per heavy atom. The van der Waals surface area contributed by atoms with Crippen LogP contribution < -0.4 is 0 Å². The number of carbonyl (C=O) groups is 1. The molecule has 0 aromatic heterocycles. The second-order valence-electron chi connectivity index (χ2n) is 8.09. The van der Waals surface area contributed by atoms with Crippen molar-refractivity contribution in [3.05, 3.63) is 34.6 Å². The summed E-state index contributed by atoms with van der Waals surface area (Å²) in [5.74, 6) is 1.32. The molecule has 4 heteroatoms. The maximum atomic E-state index is 12.3. The van der Waals surface area contributed by atoms with Crippen LogP contribution in [0, 0.1) is 11.8 Å². The Morgan fingerprint density at radius 1 is 1.52 bits per heavy atom. The largest absolute Gasteiger partial charge is 0.488 e. The summed E-state index contributed by atoms with van der Waals surface area (Å²) < 4.78 is 6.24. The summed E-state index contributed by atoms with van der Waals surface area (Å²) in [5.41, 5.74) is 2.78. The average Bonchev–Trinajstić information content (AvgIpc) is 2.93. The minimum Gasteiger partial charge on any atom is -0.488 e. The van der Waals surface area contributed by atoms with Crippen LogP contribution in [0.15, 0.2) is 34.6 Å². The molecule has 4 atom stereocenters. The molecule has 0 saturated heterocycles. The Bertz CT molecular complexity index is 642. The number of Topliss-reactive ketones (excluding diaryl/α,β-unsaturated/α-hetero) is 1. The van der Waals surface area contributed by atoms with Gasteiger partial charge in [-0.1, -0.05) is 30.2 Å². The van der Waals surface area contributed by atoms with E-state index in [1.54, 1.807) is 0 Å². The van der Waals surface area contributed by atoms with Crippen LogP contribution in [0.4, 0.5) is 0 Å². The van der Waals surface area contributed by atoms with Crippen molar-refractivity contribution in [3.8, 4) is 0 Å². The van der Waals surface area contributed by atoms with Gasteiger partial charge in [-0.2, -0.15) is 0 Å². The number of ether oxygens (including phenoxy) is 1. The van der Waals surface area contributed by atoms with Gasteiger partial charge in [-0.05, 0) is 45.4 Å². The fourth-order valence-corrected chi connectivity index (χ4v) is 4.45. The predicted octanol–water partition coefficient (Wildman–Crippen LogP) is 3.44. The highest BCUT2D eigenvalue weighted by atomic mass is 16.5. The Balaban J connectivity index is 1.74. The van der Waals surface area contributed by atoms with E-state index in [9.17, 15) is 9.90 Å². The fourth-order valence-electron chi connectivity index (χ4n) is 4.45. The third-order valence-electron chi connectivity index (χ3n) is 6.13. The van der Waals surface area contributed by atoms with Gasteiger partial charge in [-0.3, -0.25) is 4.79 Å². The molecule has 4 nitrogen and oxygen atoms in total. The molecule has 25 heavy (non-hydrogen) atoms. The summed E-state index contributed by atoms with van der Waals surface area (Å²) in [4.78, 5) is 12.3. The number of fused-ring (bicyclic) bond motifs is 1. The highest BCUT2D eigenvalue weighted by Crippen LogP contribution is 2.51. The molecule has 4 unspecified atom stereocenters. The summed E-state index contributed by atoms with van der Waals surface area (Å²) in [6.07, 6.45) is 8.16. The zero-order valence-electron chi connectivity index (χ0n) is 15.5. The van der Waals surface area contributed by atoms with Crippen LogP contribution in [-0.2, 0) is 9.53 Å². The van der Waals surface area contributed by atoms with E-state index in [2.05, 4.69) is 26.0 Å². The van der Waals surface area contributed by atoms with E-state index >= 15 is 0 Å². The van der Waals surface area contributed by atoms with Crippen LogP contribution in [0.3, 0.4) is 0 Å². The zero-order chi connectivity index (χ0) is 18.2. The molecule has 3 rings (SSSR count). The molecular formula is C21H30O4. The fraction of sp³-hybridized carbons (Fsp3) is 0.667. The summed E-state index contributed by atoms with van der Waals surface area (Å²) in [7, 11) is 0. The summed E-state index contributed by atoms with van der Waals surface area (Å²) in [6.45, 7) is 6.41. The number of ketones is 1. The molecule has 0 amide bonds. The molecule has 2 aliphatic carbocycles. The van der Waals surface area contributed by atoms with E-state index in [0.29, 0.717) is 30.9 Å². The summed E-state index contributed by atoms with van der Waals surface area (Å²) in [5, 5.41) is 19.3. The predicted molar refractivity (Wildman–Crippen MR) is 96.8 cm³/mol. The van der Waals surface area contributed by atoms with Gasteiger partial charge in [0.15, 0.2) is 5.78 Å². The molecule has 1 aliphatic heterocycles. The Kier molecular flexibility index (Phi) is 5.21. The van der Waals surface area contributed by atoms with E-state index < -0.39 is 6.10 Å². The number of aliphatic hydroxyl groups excluding tert-OH is 2. The van der Waals surface area contributed by atoms with E-state index in [1.165, 1.54) is 5.57 Å². The van der Waals surface area contributed by atoms with Crippen molar-refractivity contribution in [2.24, 2.45) is 11.8 Å². The minimum atomic E-state index is -0.626. The van der Waals surface area contributed by atoms with Crippen molar-refractivity contribution >= 4 is 5.78 Å². The van der Waals surface area contributed by atoms with Gasteiger partial charge < -0.3 is 14.9 Å². The second-order valence-corrected chi connectivity index (χ2v) is 8.09. The second kappa shape index (κ2) is 7.08. The number of aliphatic hydroxyl groups is 2. The summed E-state index contributed by atoms with van der Waals surface area (Å²) >= 11 is 0. The number of allylic oxidation sites excluding steroid dienone is 2. The molecule has 0 aromatic rings. The lowest BCUT2D eigenvalue weighted by atomic mass is 9.74. The molecule has 0 fully saturated rings. The van der Waals surface area contributed by atoms with Crippen molar-refractivity contribution in [1.29, 1.82) is 0 Å². The van der Waals surface area contributed by atoms with E-state index in [4.69, 9.17) is 9.84 Å². The van der Waals surface area contributed by atoms with E-state index in [-0.39, 0.29) is 23.9 Å². The average molecular weight is 346 g/mol. The number of hydrogen-bond acceptors (Lipinski definition) is 4. The third-order valence-corrected chi connectivity index (χ3v) is 6.13. The van der Waals surface area contributed by atoms with Crippen LogP contribution in [0.1, 0.15) is 59.3 Å². The van der Waals surface area contributed by atoms with E-state index in [0.717, 1.165) is 30.4 Å². The first kappa shape index (κ1) is 18.4. The first-order valence-corrected chi connectivity index (χ1v) is 9.45. The lowest BCUT2D eigenvalue weighted by Crippen LogP contribution is -2.44. The molecule has 3 aliphatic rings. The van der Waals surface area contributed by atoms with Crippen LogP contribution >= 0.6 is 0 Å². The van der Waals surface area contributed by atoms with Gasteiger partial charge >= 0.3 is 0 Å².